The Balaban J connectivity index is 1.71. The Kier molecular flexibility index (Phi) is 4.14. The number of nitrogens with one attached hydrogen (secondary N) is 1. The summed E-state index contributed by atoms with van der Waals surface area (Å²) in [5, 5.41) is 12.3. The summed E-state index contributed by atoms with van der Waals surface area (Å²) in [5.74, 6) is -0.146. The van der Waals surface area contributed by atoms with Crippen LogP contribution in [-0.2, 0) is 22.6 Å². The number of hydrogen-bond donors (Lipinski definition) is 2. The van der Waals surface area contributed by atoms with Gasteiger partial charge in [-0.1, -0.05) is 0 Å². The number of hydrogen-bond acceptors (Lipinski definition) is 5. The number of benzene rings is 1. The second kappa shape index (κ2) is 6.45. The predicted molar refractivity (Wildman–Crippen MR) is 89.3 cm³/mol. The fourth-order valence-corrected chi connectivity index (χ4v) is 3.25. The van der Waals surface area contributed by atoms with Crippen molar-refractivity contribution < 1.29 is 19.4 Å². The number of ether oxygens (including phenoxy) is 1. The Bertz CT molecular complexity index is 827. The molecular weight excluding hydrogens is 324 g/mol. The number of carboxylic acid groups (broad SMARTS) is 1. The van der Waals surface area contributed by atoms with Gasteiger partial charge in [-0.15, -0.1) is 0 Å². The zero-order valence-corrected chi connectivity index (χ0v) is 13.8. The maximum absolute atomic E-state index is 12.1. The minimum atomic E-state index is -0.964. The van der Waals surface area contributed by atoms with Crippen LogP contribution in [0.4, 0.5) is 0 Å². The highest BCUT2D eigenvalue weighted by Crippen LogP contribution is 2.23. The molecule has 0 aliphatic carbocycles. The van der Waals surface area contributed by atoms with Crippen LogP contribution in [0.3, 0.4) is 0 Å². The van der Waals surface area contributed by atoms with Crippen LogP contribution in [0.15, 0.2) is 18.2 Å². The van der Waals surface area contributed by atoms with E-state index in [0.29, 0.717) is 26.2 Å². The quantitative estimate of drug-likeness (QED) is 0.818. The van der Waals surface area contributed by atoms with Crippen molar-refractivity contribution in [1.82, 2.24) is 19.8 Å². The van der Waals surface area contributed by atoms with Crippen molar-refractivity contribution >= 4 is 22.9 Å². The number of imidazole rings is 1. The lowest BCUT2D eigenvalue weighted by atomic mass is 10.1. The molecule has 8 nitrogen and oxygen atoms in total. The van der Waals surface area contributed by atoms with Crippen molar-refractivity contribution in [3.63, 3.8) is 0 Å². The summed E-state index contributed by atoms with van der Waals surface area (Å²) in [7, 11) is 0. The van der Waals surface area contributed by atoms with Gasteiger partial charge in [-0.05, 0) is 24.6 Å². The van der Waals surface area contributed by atoms with E-state index in [0.717, 1.165) is 36.4 Å². The molecule has 2 aromatic rings. The number of aromatic carboxylic acids is 1. The summed E-state index contributed by atoms with van der Waals surface area (Å²) in [6, 6.07) is 4.92. The average molecular weight is 344 g/mol. The minimum absolute atomic E-state index is 0.0518. The van der Waals surface area contributed by atoms with E-state index in [-0.39, 0.29) is 17.6 Å². The fourth-order valence-electron chi connectivity index (χ4n) is 3.25. The normalized spacial score (nSPS) is 20.7. The number of rotatable bonds is 5. The third kappa shape index (κ3) is 3.10. The van der Waals surface area contributed by atoms with Gasteiger partial charge in [0.15, 0.2) is 0 Å². The van der Waals surface area contributed by atoms with Crippen LogP contribution in [0.25, 0.3) is 11.0 Å². The van der Waals surface area contributed by atoms with Gasteiger partial charge >= 0.3 is 5.97 Å². The lowest BCUT2D eigenvalue weighted by Crippen LogP contribution is -2.47. The summed E-state index contributed by atoms with van der Waals surface area (Å²) in [5.41, 5.74) is 1.74. The van der Waals surface area contributed by atoms with Crippen molar-refractivity contribution in [2.24, 2.45) is 0 Å². The molecule has 1 amide bonds. The van der Waals surface area contributed by atoms with Crippen molar-refractivity contribution in [1.29, 1.82) is 0 Å². The van der Waals surface area contributed by atoms with Crippen LogP contribution in [0.1, 0.15) is 22.6 Å². The van der Waals surface area contributed by atoms with Gasteiger partial charge in [0.2, 0.25) is 5.91 Å². The average Bonchev–Trinajstić information content (AvgIpc) is 2.89. The molecule has 2 N–H and O–H groups in total. The smallest absolute Gasteiger partial charge is 0.335 e. The Labute approximate surface area is 144 Å². The van der Waals surface area contributed by atoms with E-state index < -0.39 is 5.97 Å². The number of carboxylic acids is 1. The zero-order valence-electron chi connectivity index (χ0n) is 13.8. The molecule has 25 heavy (non-hydrogen) atoms. The number of aromatic nitrogens is 2. The number of carbonyl (C=O) groups is 2. The topological polar surface area (TPSA) is 96.7 Å². The number of amides is 1. The molecule has 1 atom stereocenters. The summed E-state index contributed by atoms with van der Waals surface area (Å²) in [6.07, 6.45) is 1.09. The molecule has 3 heterocycles. The first kappa shape index (κ1) is 16.0. The summed E-state index contributed by atoms with van der Waals surface area (Å²) < 4.78 is 7.54. The van der Waals surface area contributed by atoms with E-state index in [4.69, 9.17) is 4.74 Å². The first-order valence-electron chi connectivity index (χ1n) is 8.44. The molecule has 1 aromatic heterocycles. The number of piperazine rings is 1. The Hall–Kier alpha value is -2.45. The maximum atomic E-state index is 12.1. The first-order chi connectivity index (χ1) is 12.1. The molecule has 2 saturated heterocycles. The van der Waals surface area contributed by atoms with Gasteiger partial charge in [-0.25, -0.2) is 9.78 Å². The Morgan fingerprint density at radius 1 is 1.44 bits per heavy atom. The van der Waals surface area contributed by atoms with Gasteiger partial charge in [0.1, 0.15) is 5.82 Å². The molecule has 0 saturated carbocycles. The molecular formula is C17H20N4O4. The van der Waals surface area contributed by atoms with Gasteiger partial charge in [0, 0.05) is 19.7 Å². The molecule has 0 bridgehead atoms. The van der Waals surface area contributed by atoms with E-state index in [1.807, 2.05) is 4.57 Å². The van der Waals surface area contributed by atoms with E-state index in [1.165, 1.54) is 0 Å². The summed E-state index contributed by atoms with van der Waals surface area (Å²) in [6.45, 7) is 3.54. The third-order valence-corrected chi connectivity index (χ3v) is 4.77. The maximum Gasteiger partial charge on any atom is 0.335 e. The summed E-state index contributed by atoms with van der Waals surface area (Å²) in [4.78, 5) is 29.8. The molecule has 0 radical (unpaired) electrons. The van der Waals surface area contributed by atoms with Gasteiger partial charge in [-0.3, -0.25) is 4.79 Å². The van der Waals surface area contributed by atoms with Crippen molar-refractivity contribution in [3.8, 4) is 0 Å². The number of fused-ring (bicyclic) bond motifs is 1. The van der Waals surface area contributed by atoms with Crippen LogP contribution < -0.4 is 5.32 Å². The zero-order chi connectivity index (χ0) is 17.4. The van der Waals surface area contributed by atoms with Crippen LogP contribution in [0.2, 0.25) is 0 Å². The second-order valence-corrected chi connectivity index (χ2v) is 6.42. The van der Waals surface area contributed by atoms with Crippen LogP contribution in [-0.4, -0.2) is 63.8 Å². The van der Waals surface area contributed by atoms with Crippen molar-refractivity contribution in [2.45, 2.75) is 25.6 Å². The highest BCUT2D eigenvalue weighted by molar-refractivity contribution is 5.92. The third-order valence-electron chi connectivity index (χ3n) is 4.77. The van der Waals surface area contributed by atoms with Crippen molar-refractivity contribution in [3.05, 3.63) is 29.6 Å². The fraction of sp³-hybridized carbons (Fsp3) is 0.471. The minimum Gasteiger partial charge on any atom is -0.478 e. The molecule has 0 spiro atoms. The number of nitrogens with zero attached hydrogens (tertiary/aromatic N) is 3. The van der Waals surface area contributed by atoms with E-state index in [1.54, 1.807) is 23.1 Å². The highest BCUT2D eigenvalue weighted by Gasteiger charge is 2.25. The Morgan fingerprint density at radius 3 is 2.96 bits per heavy atom. The molecule has 132 valence electrons. The molecule has 8 heteroatoms. The molecule has 1 aromatic carbocycles. The Morgan fingerprint density at radius 2 is 2.28 bits per heavy atom. The van der Waals surface area contributed by atoms with Gasteiger partial charge in [0.25, 0.3) is 0 Å². The largest absolute Gasteiger partial charge is 0.478 e. The highest BCUT2D eigenvalue weighted by atomic mass is 16.5. The molecule has 2 fully saturated rings. The van der Waals surface area contributed by atoms with Crippen LogP contribution in [0.5, 0.6) is 0 Å². The van der Waals surface area contributed by atoms with Gasteiger partial charge in [-0.2, -0.15) is 0 Å². The van der Waals surface area contributed by atoms with E-state index >= 15 is 0 Å². The monoisotopic (exact) mass is 344 g/mol. The molecule has 0 unspecified atom stereocenters. The summed E-state index contributed by atoms with van der Waals surface area (Å²) >= 11 is 0. The standard InChI is InChI=1S/C17H20N4O4/c22-16-8-18-4-5-20(16)10-15-19-13-2-1-11(17(23)24)7-14(13)21(15)9-12-3-6-25-12/h1-2,7,12,18H,3-6,8-10H2,(H,23,24)/t12-/m0/s1. The molecule has 2 aliphatic heterocycles. The number of carbonyl (C=O) groups excluding carboxylic acids is 1. The van der Waals surface area contributed by atoms with E-state index in [9.17, 15) is 14.7 Å². The van der Waals surface area contributed by atoms with Gasteiger partial charge in [0.05, 0.1) is 42.3 Å². The van der Waals surface area contributed by atoms with Crippen LogP contribution in [0, 0.1) is 0 Å². The lowest BCUT2D eigenvalue weighted by Gasteiger charge is -2.30. The second-order valence-electron chi connectivity index (χ2n) is 6.42. The SMILES string of the molecule is O=C(O)c1ccc2nc(CN3CCNCC3=O)n(C[C@@H]3CCO3)c2c1. The van der Waals surface area contributed by atoms with Crippen LogP contribution >= 0.6 is 0 Å². The lowest BCUT2D eigenvalue weighted by molar-refractivity contribution is -0.132. The van der Waals surface area contributed by atoms with Crippen molar-refractivity contribution in [2.75, 3.05) is 26.2 Å². The predicted octanol–water partition coefficient (Wildman–Crippen LogP) is 0.455. The first-order valence-corrected chi connectivity index (χ1v) is 8.44. The molecule has 2 aliphatic rings. The molecule has 4 rings (SSSR count). The van der Waals surface area contributed by atoms with Gasteiger partial charge < -0.3 is 24.6 Å². The van der Waals surface area contributed by atoms with E-state index in [2.05, 4.69) is 10.3 Å².